The van der Waals surface area contributed by atoms with Crippen molar-refractivity contribution in [3.05, 3.63) is 28.8 Å². The molecule has 5 nitrogen and oxygen atoms in total. The first-order valence-corrected chi connectivity index (χ1v) is 8.27. The number of rotatable bonds is 2. The fourth-order valence-corrected chi connectivity index (χ4v) is 3.80. The molecule has 1 aromatic carbocycles. The van der Waals surface area contributed by atoms with E-state index in [9.17, 15) is 4.79 Å². The molecule has 0 spiro atoms. The van der Waals surface area contributed by atoms with Crippen molar-refractivity contribution in [2.45, 2.75) is 32.4 Å². The summed E-state index contributed by atoms with van der Waals surface area (Å²) < 4.78 is 11.3. The van der Waals surface area contributed by atoms with Crippen LogP contribution in [0, 0.1) is 13.8 Å². The highest BCUT2D eigenvalue weighted by molar-refractivity contribution is 5.95. The van der Waals surface area contributed by atoms with E-state index in [4.69, 9.17) is 9.47 Å². The molecule has 2 aliphatic rings. The van der Waals surface area contributed by atoms with Gasteiger partial charge in [-0.3, -0.25) is 9.69 Å². The molecule has 2 atom stereocenters. The average molecular weight is 318 g/mol. The van der Waals surface area contributed by atoms with Crippen molar-refractivity contribution in [3.63, 3.8) is 0 Å². The van der Waals surface area contributed by atoms with E-state index in [0.717, 1.165) is 55.1 Å². The second-order valence-corrected chi connectivity index (χ2v) is 6.64. The van der Waals surface area contributed by atoms with Gasteiger partial charge in [0.25, 0.3) is 5.91 Å². The van der Waals surface area contributed by atoms with Gasteiger partial charge in [0.15, 0.2) is 0 Å². The number of methoxy groups -OCH3 is 1. The summed E-state index contributed by atoms with van der Waals surface area (Å²) in [4.78, 5) is 17.2. The number of morpholine rings is 1. The van der Waals surface area contributed by atoms with Crippen LogP contribution >= 0.6 is 0 Å². The van der Waals surface area contributed by atoms with Crippen LogP contribution in [-0.4, -0.2) is 68.3 Å². The first kappa shape index (κ1) is 16.3. The van der Waals surface area contributed by atoms with E-state index in [2.05, 4.69) is 11.9 Å². The van der Waals surface area contributed by atoms with E-state index >= 15 is 0 Å². The number of ether oxygens (including phenoxy) is 2. The van der Waals surface area contributed by atoms with E-state index in [1.54, 1.807) is 7.11 Å². The number of likely N-dealkylation sites (tertiary alicyclic amines) is 1. The molecule has 2 aliphatic heterocycles. The minimum absolute atomic E-state index is 0.108. The number of piperidine rings is 1. The lowest BCUT2D eigenvalue weighted by molar-refractivity contribution is -0.0893. The number of carbonyl (C=O) groups is 1. The van der Waals surface area contributed by atoms with Crippen LogP contribution in [0.2, 0.25) is 0 Å². The van der Waals surface area contributed by atoms with Gasteiger partial charge in [-0.2, -0.15) is 0 Å². The molecule has 5 heteroatoms. The fourth-order valence-electron chi connectivity index (χ4n) is 3.80. The molecule has 0 N–H and O–H groups in total. The highest BCUT2D eigenvalue weighted by atomic mass is 16.5. The predicted octanol–water partition coefficient (Wildman–Crippen LogP) is 1.86. The summed E-state index contributed by atoms with van der Waals surface area (Å²) in [6, 6.07) is 4.17. The Balaban J connectivity index is 1.78. The first-order valence-electron chi connectivity index (χ1n) is 8.27. The van der Waals surface area contributed by atoms with Gasteiger partial charge in [-0.05, 0) is 50.6 Å². The van der Waals surface area contributed by atoms with E-state index < -0.39 is 0 Å². The maximum Gasteiger partial charge on any atom is 0.253 e. The maximum atomic E-state index is 12.9. The molecule has 2 fully saturated rings. The molecular weight excluding hydrogens is 292 g/mol. The zero-order valence-electron chi connectivity index (χ0n) is 14.5. The number of aryl methyl sites for hydroxylation is 2. The Morgan fingerprint density at radius 1 is 1.26 bits per heavy atom. The number of carbonyl (C=O) groups excluding carboxylic acids is 1. The highest BCUT2D eigenvalue weighted by Crippen LogP contribution is 2.27. The zero-order valence-corrected chi connectivity index (χ0v) is 14.5. The predicted molar refractivity (Wildman–Crippen MR) is 89.1 cm³/mol. The van der Waals surface area contributed by atoms with Crippen LogP contribution in [0.1, 0.15) is 27.9 Å². The Hall–Kier alpha value is -1.59. The molecule has 0 aliphatic carbocycles. The average Bonchev–Trinajstić information content (AvgIpc) is 2.54. The van der Waals surface area contributed by atoms with Crippen molar-refractivity contribution in [2.75, 3.05) is 40.4 Å². The van der Waals surface area contributed by atoms with E-state index in [1.807, 2.05) is 30.9 Å². The Morgan fingerprint density at radius 2 is 1.96 bits per heavy atom. The monoisotopic (exact) mass is 318 g/mol. The second-order valence-electron chi connectivity index (χ2n) is 6.64. The minimum Gasteiger partial charge on any atom is -0.496 e. The zero-order chi connectivity index (χ0) is 16.6. The van der Waals surface area contributed by atoms with Crippen LogP contribution < -0.4 is 4.74 Å². The molecule has 23 heavy (non-hydrogen) atoms. The van der Waals surface area contributed by atoms with Gasteiger partial charge in [-0.15, -0.1) is 0 Å². The summed E-state index contributed by atoms with van der Waals surface area (Å²) in [6.45, 7) is 7.20. The van der Waals surface area contributed by atoms with Crippen molar-refractivity contribution >= 4 is 5.91 Å². The summed E-state index contributed by atoms with van der Waals surface area (Å²) in [5.41, 5.74) is 2.76. The Bertz CT molecular complexity index is 579. The number of hydrogen-bond acceptors (Lipinski definition) is 4. The van der Waals surface area contributed by atoms with E-state index in [-0.39, 0.29) is 12.0 Å². The van der Waals surface area contributed by atoms with Crippen LogP contribution in [0.25, 0.3) is 0 Å². The van der Waals surface area contributed by atoms with Crippen molar-refractivity contribution in [1.82, 2.24) is 9.80 Å². The van der Waals surface area contributed by atoms with Crippen molar-refractivity contribution in [2.24, 2.45) is 0 Å². The number of benzene rings is 1. The molecule has 0 unspecified atom stereocenters. The van der Waals surface area contributed by atoms with Gasteiger partial charge in [-0.1, -0.05) is 0 Å². The molecule has 2 heterocycles. The summed E-state index contributed by atoms with van der Waals surface area (Å²) in [5, 5.41) is 0. The number of amides is 1. The molecule has 0 aromatic heterocycles. The van der Waals surface area contributed by atoms with Gasteiger partial charge >= 0.3 is 0 Å². The van der Waals surface area contributed by atoms with Gasteiger partial charge in [0.05, 0.1) is 25.9 Å². The van der Waals surface area contributed by atoms with Crippen LogP contribution in [0.5, 0.6) is 5.75 Å². The van der Waals surface area contributed by atoms with Crippen molar-refractivity contribution in [3.8, 4) is 5.75 Å². The van der Waals surface area contributed by atoms with E-state index in [1.165, 1.54) is 0 Å². The number of nitrogens with zero attached hydrogens (tertiary/aromatic N) is 2. The molecule has 0 bridgehead atoms. The van der Waals surface area contributed by atoms with Crippen LogP contribution in [0.4, 0.5) is 0 Å². The van der Waals surface area contributed by atoms with Gasteiger partial charge in [0.1, 0.15) is 5.75 Å². The molecule has 126 valence electrons. The first-order chi connectivity index (χ1) is 11.0. The maximum absolute atomic E-state index is 12.9. The lowest BCUT2D eigenvalue weighted by atomic mass is 9.97. The largest absolute Gasteiger partial charge is 0.496 e. The molecule has 0 saturated carbocycles. The summed E-state index contributed by atoms with van der Waals surface area (Å²) in [6.07, 6.45) is 1.17. The number of fused-ring (bicyclic) bond motifs is 1. The molecular formula is C18H26N2O3. The molecule has 1 amide bonds. The SMILES string of the molecule is COc1c(C)cc(C(=O)N2CC[C@H]3OCCN(C)[C@H]3C2)cc1C. The molecule has 2 saturated heterocycles. The third-order valence-corrected chi connectivity index (χ3v) is 5.06. The van der Waals surface area contributed by atoms with Crippen molar-refractivity contribution < 1.29 is 14.3 Å². The van der Waals surface area contributed by atoms with E-state index in [0.29, 0.717) is 6.04 Å². The number of hydrogen-bond donors (Lipinski definition) is 0. The molecule has 1 aromatic rings. The van der Waals surface area contributed by atoms with Crippen LogP contribution in [0.15, 0.2) is 12.1 Å². The third-order valence-electron chi connectivity index (χ3n) is 5.06. The Morgan fingerprint density at radius 3 is 2.61 bits per heavy atom. The van der Waals surface area contributed by atoms with Crippen molar-refractivity contribution in [1.29, 1.82) is 0 Å². The topological polar surface area (TPSA) is 42.0 Å². The highest BCUT2D eigenvalue weighted by Gasteiger charge is 2.37. The standard InChI is InChI=1S/C18H26N2O3/c1-12-9-14(10-13(2)17(12)22-4)18(21)20-6-5-16-15(11-20)19(3)7-8-23-16/h9-10,15-16H,5-8,11H2,1-4H3/t15-,16+/m0/s1. The van der Waals surface area contributed by atoms with Gasteiger partial charge < -0.3 is 14.4 Å². The fraction of sp³-hybridized carbons (Fsp3) is 0.611. The number of likely N-dealkylation sites (N-methyl/N-ethyl adjacent to an activating group) is 1. The van der Waals surface area contributed by atoms with Gasteiger partial charge in [0, 0.05) is 25.2 Å². The molecule has 0 radical (unpaired) electrons. The smallest absolute Gasteiger partial charge is 0.253 e. The molecule has 3 rings (SSSR count). The summed E-state index contributed by atoms with van der Waals surface area (Å²) in [5.74, 6) is 0.969. The second kappa shape index (κ2) is 6.49. The van der Waals surface area contributed by atoms with Crippen LogP contribution in [-0.2, 0) is 4.74 Å². The summed E-state index contributed by atoms with van der Waals surface area (Å²) in [7, 11) is 3.79. The third kappa shape index (κ3) is 3.08. The van der Waals surface area contributed by atoms with Gasteiger partial charge in [-0.25, -0.2) is 0 Å². The van der Waals surface area contributed by atoms with Crippen LogP contribution in [0.3, 0.4) is 0 Å². The van der Waals surface area contributed by atoms with Gasteiger partial charge in [0.2, 0.25) is 0 Å². The minimum atomic E-state index is 0.108. The Kier molecular flexibility index (Phi) is 4.60. The lowest BCUT2D eigenvalue weighted by Crippen LogP contribution is -2.59. The Labute approximate surface area is 138 Å². The quantitative estimate of drug-likeness (QED) is 0.835. The lowest BCUT2D eigenvalue weighted by Gasteiger charge is -2.45. The summed E-state index contributed by atoms with van der Waals surface area (Å²) >= 11 is 0. The normalized spacial score (nSPS) is 25.1.